The van der Waals surface area contributed by atoms with E-state index in [0.29, 0.717) is 0 Å². The lowest BCUT2D eigenvalue weighted by Gasteiger charge is -1.84. The first-order valence-corrected chi connectivity index (χ1v) is 5.08. The van der Waals surface area contributed by atoms with Crippen LogP contribution >= 0.6 is 11.3 Å². The van der Waals surface area contributed by atoms with E-state index in [1.165, 1.54) is 16.0 Å². The Kier molecular flexibility index (Phi) is 1.27. The Balaban J connectivity index is 2.72. The van der Waals surface area contributed by atoms with Gasteiger partial charge in [-0.05, 0) is 12.1 Å². The normalized spacial score (nSPS) is 11.5. The number of thiazole rings is 1. The average molecular weight is 189 g/mol. The van der Waals surface area contributed by atoms with Crippen LogP contribution in [-0.2, 0) is 7.05 Å². The number of hydrogen-bond acceptors (Lipinski definition) is 1. The number of hydrogen-bond donors (Lipinski definition) is 0. The molecular formula is C10H9N2S+. The number of benzene rings is 1. The van der Waals surface area contributed by atoms with Gasteiger partial charge in [0.05, 0.1) is 7.05 Å². The van der Waals surface area contributed by atoms with E-state index >= 15 is 0 Å². The predicted octanol–water partition coefficient (Wildman–Crippen LogP) is 1.98. The fourth-order valence-corrected chi connectivity index (χ4v) is 2.58. The number of fused-ring (bicyclic) bond motifs is 3. The van der Waals surface area contributed by atoms with Gasteiger partial charge in [0.15, 0.2) is 11.0 Å². The summed E-state index contributed by atoms with van der Waals surface area (Å²) >= 11 is 1.77. The van der Waals surface area contributed by atoms with Gasteiger partial charge in [-0.25, -0.2) is 4.57 Å². The van der Waals surface area contributed by atoms with E-state index in [1.807, 2.05) is 0 Å². The summed E-state index contributed by atoms with van der Waals surface area (Å²) in [5.74, 6) is 0. The Morgan fingerprint density at radius 1 is 1.31 bits per heavy atom. The molecule has 0 atom stereocenters. The second-order valence-corrected chi connectivity index (χ2v) is 3.98. The van der Waals surface area contributed by atoms with Crippen molar-refractivity contribution >= 4 is 27.3 Å². The van der Waals surface area contributed by atoms with E-state index in [0.717, 1.165) is 0 Å². The van der Waals surface area contributed by atoms with E-state index in [9.17, 15) is 0 Å². The van der Waals surface area contributed by atoms with Crippen LogP contribution in [0.25, 0.3) is 16.0 Å². The second-order valence-electron chi connectivity index (χ2n) is 3.10. The summed E-state index contributed by atoms with van der Waals surface area (Å²) in [6.45, 7) is 0. The first kappa shape index (κ1) is 7.09. The largest absolute Gasteiger partial charge is 0.346 e. The zero-order chi connectivity index (χ0) is 8.84. The number of imidazole rings is 1. The highest BCUT2D eigenvalue weighted by molar-refractivity contribution is 7.14. The van der Waals surface area contributed by atoms with Gasteiger partial charge in [0.2, 0.25) is 0 Å². The lowest BCUT2D eigenvalue weighted by atomic mass is 10.3. The third kappa shape index (κ3) is 0.795. The van der Waals surface area contributed by atoms with E-state index < -0.39 is 0 Å². The first-order chi connectivity index (χ1) is 6.38. The van der Waals surface area contributed by atoms with Crippen LogP contribution in [0.3, 0.4) is 0 Å². The highest BCUT2D eigenvalue weighted by atomic mass is 32.1. The van der Waals surface area contributed by atoms with Crippen molar-refractivity contribution in [3.05, 3.63) is 35.8 Å². The van der Waals surface area contributed by atoms with Crippen LogP contribution in [0, 0.1) is 0 Å². The van der Waals surface area contributed by atoms with Crippen LogP contribution in [0.15, 0.2) is 35.8 Å². The molecule has 0 unspecified atom stereocenters. The molecule has 13 heavy (non-hydrogen) atoms. The summed E-state index contributed by atoms with van der Waals surface area (Å²) in [5, 5.41) is 2.11. The molecule has 0 aliphatic rings. The molecule has 64 valence electrons. The molecule has 3 aromatic rings. The van der Waals surface area contributed by atoms with Gasteiger partial charge in [-0.2, -0.15) is 4.40 Å². The molecule has 0 saturated carbocycles. The van der Waals surface area contributed by atoms with Crippen molar-refractivity contribution in [2.45, 2.75) is 0 Å². The number of nitrogens with zero attached hydrogens (tertiary/aromatic N) is 2. The van der Waals surface area contributed by atoms with Crippen molar-refractivity contribution in [2.24, 2.45) is 7.05 Å². The lowest BCUT2D eigenvalue weighted by molar-refractivity contribution is -0.616. The molecule has 2 heterocycles. The Bertz CT molecular complexity index is 577. The van der Waals surface area contributed by atoms with E-state index in [4.69, 9.17) is 0 Å². The minimum absolute atomic E-state index is 1.28. The van der Waals surface area contributed by atoms with Crippen molar-refractivity contribution in [3.8, 4) is 0 Å². The molecule has 0 radical (unpaired) electrons. The smallest absolute Gasteiger partial charge is 0.216 e. The van der Waals surface area contributed by atoms with Crippen LogP contribution < -0.4 is 4.57 Å². The maximum absolute atomic E-state index is 2.22. The number of rotatable bonds is 0. The minimum Gasteiger partial charge on any atom is -0.216 e. The third-order valence-electron chi connectivity index (χ3n) is 2.38. The Hall–Kier alpha value is -1.35. The van der Waals surface area contributed by atoms with Crippen LogP contribution in [0.1, 0.15) is 0 Å². The average Bonchev–Trinajstić information content (AvgIpc) is 2.72. The SMILES string of the molecule is C[n+]1c2ccccc2n2ccsc21. The van der Waals surface area contributed by atoms with Gasteiger partial charge < -0.3 is 0 Å². The number of aromatic nitrogens is 2. The Morgan fingerprint density at radius 2 is 2.15 bits per heavy atom. The topological polar surface area (TPSA) is 8.29 Å². The molecule has 2 aromatic heterocycles. The van der Waals surface area contributed by atoms with Crippen molar-refractivity contribution in [2.75, 3.05) is 0 Å². The molecule has 3 heteroatoms. The summed E-state index contributed by atoms with van der Waals surface area (Å²) < 4.78 is 4.44. The van der Waals surface area contributed by atoms with Gasteiger partial charge in [0, 0.05) is 5.38 Å². The molecule has 0 amide bonds. The van der Waals surface area contributed by atoms with Crippen molar-refractivity contribution < 1.29 is 4.57 Å². The molecule has 0 spiro atoms. The summed E-state index contributed by atoms with van der Waals surface area (Å²) in [5.41, 5.74) is 2.57. The van der Waals surface area contributed by atoms with Gasteiger partial charge in [0.1, 0.15) is 6.20 Å². The quantitative estimate of drug-likeness (QED) is 0.478. The van der Waals surface area contributed by atoms with Gasteiger partial charge in [-0.1, -0.05) is 23.5 Å². The summed E-state index contributed by atoms with van der Waals surface area (Å²) in [6, 6.07) is 8.45. The van der Waals surface area contributed by atoms with Crippen LogP contribution in [0.2, 0.25) is 0 Å². The van der Waals surface area contributed by atoms with Crippen LogP contribution in [0.5, 0.6) is 0 Å². The maximum Gasteiger partial charge on any atom is 0.346 e. The zero-order valence-corrected chi connectivity index (χ0v) is 8.08. The highest BCUT2D eigenvalue weighted by Gasteiger charge is 2.15. The van der Waals surface area contributed by atoms with Crippen LogP contribution in [-0.4, -0.2) is 4.40 Å². The summed E-state index contributed by atoms with van der Waals surface area (Å²) in [4.78, 5) is 1.28. The molecule has 0 fully saturated rings. The highest BCUT2D eigenvalue weighted by Crippen LogP contribution is 2.17. The van der Waals surface area contributed by atoms with Gasteiger partial charge in [-0.3, -0.25) is 0 Å². The van der Waals surface area contributed by atoms with Gasteiger partial charge in [-0.15, -0.1) is 0 Å². The molecule has 2 nitrogen and oxygen atoms in total. The van der Waals surface area contributed by atoms with Crippen molar-refractivity contribution in [1.82, 2.24) is 4.40 Å². The fourth-order valence-electron chi connectivity index (χ4n) is 1.75. The third-order valence-corrected chi connectivity index (χ3v) is 3.32. The zero-order valence-electron chi connectivity index (χ0n) is 7.27. The number of para-hydroxylation sites is 2. The van der Waals surface area contributed by atoms with E-state index in [1.54, 1.807) is 11.3 Å². The molecular weight excluding hydrogens is 180 g/mol. The van der Waals surface area contributed by atoms with Crippen molar-refractivity contribution in [1.29, 1.82) is 0 Å². The molecule has 0 aliphatic heterocycles. The number of aryl methyl sites for hydroxylation is 1. The summed E-state index contributed by atoms with van der Waals surface area (Å²) in [7, 11) is 2.11. The lowest BCUT2D eigenvalue weighted by Crippen LogP contribution is -2.25. The molecule has 1 aromatic carbocycles. The maximum atomic E-state index is 2.22. The second kappa shape index (κ2) is 2.33. The van der Waals surface area contributed by atoms with Gasteiger partial charge in [0.25, 0.3) is 0 Å². The molecule has 3 rings (SSSR count). The monoisotopic (exact) mass is 189 g/mol. The molecule has 0 aliphatic carbocycles. The van der Waals surface area contributed by atoms with Gasteiger partial charge >= 0.3 is 4.96 Å². The fraction of sp³-hybridized carbons (Fsp3) is 0.100. The Labute approximate surface area is 79.7 Å². The standard InChI is InChI=1S/C10H9N2S/c1-11-8-4-2-3-5-9(8)12-6-7-13-10(11)12/h2-7H,1H3/q+1. The molecule has 0 saturated heterocycles. The van der Waals surface area contributed by atoms with Crippen molar-refractivity contribution in [3.63, 3.8) is 0 Å². The molecule has 0 bridgehead atoms. The Morgan fingerprint density at radius 3 is 3.08 bits per heavy atom. The minimum atomic E-state index is 1.28. The molecule has 0 N–H and O–H groups in total. The summed E-state index contributed by atoms with van der Waals surface area (Å²) in [6.07, 6.45) is 2.11. The first-order valence-electron chi connectivity index (χ1n) is 4.20. The van der Waals surface area contributed by atoms with E-state index in [2.05, 4.69) is 51.9 Å². The van der Waals surface area contributed by atoms with Crippen LogP contribution in [0.4, 0.5) is 0 Å². The van der Waals surface area contributed by atoms with E-state index in [-0.39, 0.29) is 0 Å². The predicted molar refractivity (Wildman–Crippen MR) is 54.0 cm³/mol.